The Balaban J connectivity index is 1.47. The van der Waals surface area contributed by atoms with E-state index in [1.807, 2.05) is 49.2 Å². The SMILES string of the molecule is CC(C)Oc1ccc(Nc2nc(Nc3ccc4c(c3)N(CCCO)NC4)ncc2F)cc1. The van der Waals surface area contributed by atoms with Crippen LogP contribution in [0.25, 0.3) is 0 Å². The molecule has 0 bridgehead atoms. The summed E-state index contributed by atoms with van der Waals surface area (Å²) < 4.78 is 20.0. The van der Waals surface area contributed by atoms with Gasteiger partial charge < -0.3 is 25.5 Å². The van der Waals surface area contributed by atoms with Crippen molar-refractivity contribution in [3.8, 4) is 5.75 Å². The van der Waals surface area contributed by atoms with Gasteiger partial charge in [0.05, 0.1) is 18.0 Å². The Morgan fingerprint density at radius 2 is 1.94 bits per heavy atom. The van der Waals surface area contributed by atoms with Crippen LogP contribution in [-0.4, -0.2) is 34.3 Å². The van der Waals surface area contributed by atoms with E-state index >= 15 is 0 Å². The summed E-state index contributed by atoms with van der Waals surface area (Å²) in [6.45, 7) is 5.50. The van der Waals surface area contributed by atoms with Crippen LogP contribution in [0, 0.1) is 5.82 Å². The van der Waals surface area contributed by atoms with Crippen LogP contribution in [0.15, 0.2) is 48.7 Å². The standard InChI is InChI=1S/C23H27FN6O2/c1-15(2)32-19-8-6-17(7-9-19)27-22-20(24)14-25-23(29-22)28-18-5-4-16-13-26-30(10-3-11-31)21(16)12-18/h4-9,12,14-15,26,31H,3,10-11,13H2,1-2H3,(H2,25,27,28,29). The summed E-state index contributed by atoms with van der Waals surface area (Å²) in [5.74, 6) is 0.551. The average Bonchev–Trinajstić information content (AvgIpc) is 3.18. The molecule has 1 aromatic heterocycles. The summed E-state index contributed by atoms with van der Waals surface area (Å²) >= 11 is 0. The molecular weight excluding hydrogens is 411 g/mol. The molecule has 0 radical (unpaired) electrons. The summed E-state index contributed by atoms with van der Waals surface area (Å²) in [4.78, 5) is 8.36. The van der Waals surface area contributed by atoms with E-state index < -0.39 is 5.82 Å². The minimum Gasteiger partial charge on any atom is -0.491 e. The van der Waals surface area contributed by atoms with Crippen molar-refractivity contribution in [1.82, 2.24) is 15.4 Å². The fraction of sp³-hybridized carbons (Fsp3) is 0.304. The molecule has 0 saturated carbocycles. The first kappa shape index (κ1) is 21.8. The van der Waals surface area contributed by atoms with Crippen LogP contribution in [0.2, 0.25) is 0 Å². The van der Waals surface area contributed by atoms with Crippen molar-refractivity contribution in [1.29, 1.82) is 0 Å². The van der Waals surface area contributed by atoms with E-state index in [1.54, 1.807) is 12.1 Å². The number of aliphatic hydroxyl groups excluding tert-OH is 1. The Bertz CT molecular complexity index is 1060. The highest BCUT2D eigenvalue weighted by molar-refractivity contribution is 5.67. The first-order chi connectivity index (χ1) is 15.5. The van der Waals surface area contributed by atoms with Crippen LogP contribution in [-0.2, 0) is 6.54 Å². The Kier molecular flexibility index (Phi) is 6.67. The third-order valence-electron chi connectivity index (χ3n) is 4.87. The first-order valence-corrected chi connectivity index (χ1v) is 10.6. The number of hydrogen-bond donors (Lipinski definition) is 4. The second-order valence-electron chi connectivity index (χ2n) is 7.74. The number of rotatable bonds is 9. The van der Waals surface area contributed by atoms with Crippen molar-refractivity contribution in [3.05, 3.63) is 60.0 Å². The monoisotopic (exact) mass is 438 g/mol. The Hall–Kier alpha value is -3.43. The molecule has 32 heavy (non-hydrogen) atoms. The number of aromatic nitrogens is 2. The van der Waals surface area contributed by atoms with Crippen LogP contribution >= 0.6 is 0 Å². The molecule has 1 aliphatic rings. The first-order valence-electron chi connectivity index (χ1n) is 10.6. The maximum atomic E-state index is 14.3. The molecule has 4 N–H and O–H groups in total. The Morgan fingerprint density at radius 3 is 2.69 bits per heavy atom. The summed E-state index contributed by atoms with van der Waals surface area (Å²) in [6, 6.07) is 13.2. The predicted molar refractivity (Wildman–Crippen MR) is 123 cm³/mol. The molecule has 2 heterocycles. The lowest BCUT2D eigenvalue weighted by Gasteiger charge is -2.19. The second kappa shape index (κ2) is 9.80. The van der Waals surface area contributed by atoms with Gasteiger partial charge in [-0.25, -0.2) is 14.8 Å². The van der Waals surface area contributed by atoms with E-state index in [1.165, 1.54) is 5.56 Å². The molecule has 0 atom stereocenters. The Morgan fingerprint density at radius 1 is 1.16 bits per heavy atom. The maximum Gasteiger partial charge on any atom is 0.229 e. The molecule has 168 valence electrons. The van der Waals surface area contributed by atoms with Gasteiger partial charge in [-0.1, -0.05) is 6.07 Å². The van der Waals surface area contributed by atoms with E-state index in [4.69, 9.17) is 9.84 Å². The van der Waals surface area contributed by atoms with Gasteiger partial charge in [-0.05, 0) is 62.2 Å². The molecule has 8 nitrogen and oxygen atoms in total. The zero-order valence-corrected chi connectivity index (χ0v) is 18.1. The molecule has 0 spiro atoms. The number of nitrogens with zero attached hydrogens (tertiary/aromatic N) is 3. The van der Waals surface area contributed by atoms with Crippen LogP contribution in [0.4, 0.5) is 33.2 Å². The third kappa shape index (κ3) is 5.24. The molecule has 0 fully saturated rings. The molecule has 0 aliphatic carbocycles. The summed E-state index contributed by atoms with van der Waals surface area (Å²) in [6.07, 6.45) is 1.89. The van der Waals surface area contributed by atoms with Crippen LogP contribution in [0.3, 0.4) is 0 Å². The number of anilines is 5. The zero-order valence-electron chi connectivity index (χ0n) is 18.1. The fourth-order valence-electron chi connectivity index (χ4n) is 3.41. The summed E-state index contributed by atoms with van der Waals surface area (Å²) in [7, 11) is 0. The van der Waals surface area contributed by atoms with Crippen LogP contribution in [0.1, 0.15) is 25.8 Å². The average molecular weight is 439 g/mol. The smallest absolute Gasteiger partial charge is 0.229 e. The van der Waals surface area contributed by atoms with Crippen molar-refractivity contribution in [2.24, 2.45) is 0 Å². The normalized spacial score (nSPS) is 12.7. The molecule has 9 heteroatoms. The molecule has 3 aromatic rings. The molecule has 4 rings (SSSR count). The largest absolute Gasteiger partial charge is 0.491 e. The van der Waals surface area contributed by atoms with Gasteiger partial charge in [-0.3, -0.25) is 0 Å². The number of benzene rings is 2. The van der Waals surface area contributed by atoms with Crippen molar-refractivity contribution in [3.63, 3.8) is 0 Å². The van der Waals surface area contributed by atoms with Gasteiger partial charge in [-0.15, -0.1) is 0 Å². The highest BCUT2D eigenvalue weighted by Crippen LogP contribution is 2.30. The third-order valence-corrected chi connectivity index (χ3v) is 4.87. The van der Waals surface area contributed by atoms with Gasteiger partial charge >= 0.3 is 0 Å². The molecule has 0 unspecified atom stereocenters. The van der Waals surface area contributed by atoms with Gasteiger partial charge in [0.15, 0.2) is 11.6 Å². The van der Waals surface area contributed by atoms with Crippen molar-refractivity contribution in [2.75, 3.05) is 28.8 Å². The number of fused-ring (bicyclic) bond motifs is 1. The summed E-state index contributed by atoms with van der Waals surface area (Å²) in [5, 5.41) is 17.2. The van der Waals surface area contributed by atoms with Gasteiger partial charge in [0.2, 0.25) is 5.95 Å². The molecule has 0 amide bonds. The number of hydrazine groups is 1. The minimum atomic E-state index is -0.550. The van der Waals surface area contributed by atoms with Crippen LogP contribution in [0.5, 0.6) is 5.75 Å². The van der Waals surface area contributed by atoms with E-state index in [2.05, 4.69) is 26.0 Å². The topological polar surface area (TPSA) is 94.6 Å². The van der Waals surface area contributed by atoms with Gasteiger partial charge in [0.1, 0.15) is 5.75 Å². The van der Waals surface area contributed by atoms with Crippen molar-refractivity contribution in [2.45, 2.75) is 32.9 Å². The number of halogens is 1. The predicted octanol–water partition coefficient (Wildman–Crippen LogP) is 4.10. The van der Waals surface area contributed by atoms with E-state index in [-0.39, 0.29) is 24.5 Å². The van der Waals surface area contributed by atoms with Crippen molar-refractivity contribution >= 4 is 28.8 Å². The highest BCUT2D eigenvalue weighted by atomic mass is 19.1. The molecule has 2 aromatic carbocycles. The second-order valence-corrected chi connectivity index (χ2v) is 7.74. The van der Waals surface area contributed by atoms with Crippen LogP contribution < -0.4 is 25.8 Å². The van der Waals surface area contributed by atoms with Gasteiger partial charge in [-0.2, -0.15) is 4.98 Å². The van der Waals surface area contributed by atoms with Gasteiger partial charge in [0, 0.05) is 31.1 Å². The fourth-order valence-corrected chi connectivity index (χ4v) is 3.41. The quantitative estimate of drug-likeness (QED) is 0.397. The lowest BCUT2D eigenvalue weighted by atomic mass is 10.1. The van der Waals surface area contributed by atoms with Gasteiger partial charge in [0.25, 0.3) is 0 Å². The number of nitrogens with one attached hydrogen (secondary N) is 3. The van der Waals surface area contributed by atoms with E-state index in [9.17, 15) is 4.39 Å². The maximum absolute atomic E-state index is 14.3. The highest BCUT2D eigenvalue weighted by Gasteiger charge is 2.19. The zero-order chi connectivity index (χ0) is 22.5. The number of aliphatic hydroxyl groups is 1. The lowest BCUT2D eigenvalue weighted by molar-refractivity contribution is 0.242. The van der Waals surface area contributed by atoms with E-state index in [0.717, 1.165) is 29.9 Å². The number of hydrogen-bond acceptors (Lipinski definition) is 8. The van der Waals surface area contributed by atoms with Crippen molar-refractivity contribution < 1.29 is 14.2 Å². The molecular formula is C23H27FN6O2. The minimum absolute atomic E-state index is 0.0763. The lowest BCUT2D eigenvalue weighted by Crippen LogP contribution is -2.33. The summed E-state index contributed by atoms with van der Waals surface area (Å²) in [5.41, 5.74) is 6.98. The Labute approximate surface area is 186 Å². The molecule has 1 aliphatic heterocycles. The number of ether oxygens (including phenoxy) is 1. The van der Waals surface area contributed by atoms with E-state index in [0.29, 0.717) is 18.7 Å². The molecule has 0 saturated heterocycles.